The van der Waals surface area contributed by atoms with Crippen LogP contribution >= 0.6 is 15.9 Å². The Morgan fingerprint density at radius 3 is 2.68 bits per heavy atom. The van der Waals surface area contributed by atoms with Crippen LogP contribution in [-0.2, 0) is 6.61 Å². The predicted octanol–water partition coefficient (Wildman–Crippen LogP) is 4.03. The van der Waals surface area contributed by atoms with Gasteiger partial charge in [-0.1, -0.05) is 40.2 Å². The number of rotatable bonds is 4. The fourth-order valence-corrected chi connectivity index (χ4v) is 2.11. The van der Waals surface area contributed by atoms with E-state index in [1.54, 1.807) is 12.1 Å². The molecule has 4 heteroatoms. The zero-order valence-electron chi connectivity index (χ0n) is 10.4. The largest absolute Gasteiger partial charge is 0.489 e. The van der Waals surface area contributed by atoms with Crippen LogP contribution in [0.4, 0.5) is 0 Å². The van der Waals surface area contributed by atoms with Crippen molar-refractivity contribution in [1.82, 2.24) is 0 Å². The highest BCUT2D eigenvalue weighted by Gasteiger charge is 2.11. The van der Waals surface area contributed by atoms with E-state index < -0.39 is 5.97 Å². The van der Waals surface area contributed by atoms with Crippen molar-refractivity contribution in [2.24, 2.45) is 0 Å². The van der Waals surface area contributed by atoms with Crippen molar-refractivity contribution in [3.8, 4) is 5.75 Å². The second-order valence-electron chi connectivity index (χ2n) is 4.16. The fourth-order valence-electron chi connectivity index (χ4n) is 1.75. The Labute approximate surface area is 120 Å². The van der Waals surface area contributed by atoms with Crippen molar-refractivity contribution in [3.63, 3.8) is 0 Å². The molecule has 2 rings (SSSR count). The maximum absolute atomic E-state index is 11.2. The molecule has 19 heavy (non-hydrogen) atoms. The number of aromatic carboxylic acids is 1. The van der Waals surface area contributed by atoms with Crippen LogP contribution in [0, 0.1) is 6.92 Å². The molecule has 0 radical (unpaired) electrons. The molecule has 0 aromatic heterocycles. The molecule has 98 valence electrons. The number of carboxylic acids is 1. The van der Waals surface area contributed by atoms with Crippen molar-refractivity contribution >= 4 is 21.9 Å². The van der Waals surface area contributed by atoms with Gasteiger partial charge in [-0.15, -0.1) is 0 Å². The van der Waals surface area contributed by atoms with Crippen LogP contribution in [0.25, 0.3) is 0 Å². The molecule has 0 aliphatic carbocycles. The minimum absolute atomic E-state index is 0.236. The van der Waals surface area contributed by atoms with Gasteiger partial charge in [0.25, 0.3) is 0 Å². The summed E-state index contributed by atoms with van der Waals surface area (Å²) in [7, 11) is 0. The molecule has 2 aromatic rings. The molecule has 0 amide bonds. The number of aryl methyl sites for hydroxylation is 1. The molecular formula is C15H13BrO3. The first-order chi connectivity index (χ1) is 9.08. The molecule has 0 heterocycles. The first-order valence-electron chi connectivity index (χ1n) is 5.78. The van der Waals surface area contributed by atoms with Gasteiger partial charge in [0.1, 0.15) is 12.4 Å². The first-order valence-corrected chi connectivity index (χ1v) is 6.57. The summed E-state index contributed by atoms with van der Waals surface area (Å²) in [6, 6.07) is 12.8. The Balaban J connectivity index is 2.20. The van der Waals surface area contributed by atoms with Crippen LogP contribution in [-0.4, -0.2) is 11.1 Å². The SMILES string of the molecule is Cc1ccccc1OCc1ccc(Br)cc1C(=O)O. The number of carbonyl (C=O) groups is 1. The molecule has 3 nitrogen and oxygen atoms in total. The van der Waals surface area contributed by atoms with Gasteiger partial charge in [-0.2, -0.15) is 0 Å². The number of halogens is 1. The van der Waals surface area contributed by atoms with E-state index in [4.69, 9.17) is 9.84 Å². The van der Waals surface area contributed by atoms with E-state index in [-0.39, 0.29) is 12.2 Å². The van der Waals surface area contributed by atoms with Crippen molar-refractivity contribution < 1.29 is 14.6 Å². The lowest BCUT2D eigenvalue weighted by molar-refractivity contribution is 0.0694. The summed E-state index contributed by atoms with van der Waals surface area (Å²) in [5.41, 5.74) is 1.93. The normalized spacial score (nSPS) is 10.2. The molecule has 1 N–H and O–H groups in total. The molecule has 0 spiro atoms. The van der Waals surface area contributed by atoms with E-state index in [0.717, 1.165) is 15.8 Å². The Kier molecular flexibility index (Phi) is 4.22. The van der Waals surface area contributed by atoms with Gasteiger partial charge in [-0.25, -0.2) is 4.79 Å². The zero-order chi connectivity index (χ0) is 13.8. The molecule has 0 bridgehead atoms. The molecule has 0 fully saturated rings. The topological polar surface area (TPSA) is 46.5 Å². The highest BCUT2D eigenvalue weighted by molar-refractivity contribution is 9.10. The number of hydrogen-bond donors (Lipinski definition) is 1. The third-order valence-corrected chi connectivity index (χ3v) is 3.27. The number of hydrogen-bond acceptors (Lipinski definition) is 2. The van der Waals surface area contributed by atoms with Gasteiger partial charge < -0.3 is 9.84 Å². The smallest absolute Gasteiger partial charge is 0.336 e. The molecule has 0 aliphatic heterocycles. The summed E-state index contributed by atoms with van der Waals surface area (Å²) in [6.45, 7) is 2.19. The summed E-state index contributed by atoms with van der Waals surface area (Å²) in [5, 5.41) is 9.17. The summed E-state index contributed by atoms with van der Waals surface area (Å²) >= 11 is 3.27. The Hall–Kier alpha value is -1.81. The van der Waals surface area contributed by atoms with E-state index in [2.05, 4.69) is 15.9 Å². The van der Waals surface area contributed by atoms with Crippen molar-refractivity contribution in [1.29, 1.82) is 0 Å². The minimum atomic E-state index is -0.954. The lowest BCUT2D eigenvalue weighted by atomic mass is 10.1. The average molecular weight is 321 g/mol. The Bertz CT molecular complexity index is 608. The van der Waals surface area contributed by atoms with Crippen LogP contribution < -0.4 is 4.74 Å². The average Bonchev–Trinajstić information content (AvgIpc) is 2.38. The van der Waals surface area contributed by atoms with Crippen LogP contribution in [0.15, 0.2) is 46.9 Å². The number of benzene rings is 2. The van der Waals surface area contributed by atoms with Gasteiger partial charge in [0.2, 0.25) is 0 Å². The second kappa shape index (κ2) is 5.89. The zero-order valence-corrected chi connectivity index (χ0v) is 12.0. The highest BCUT2D eigenvalue weighted by atomic mass is 79.9. The first kappa shape index (κ1) is 13.6. The predicted molar refractivity (Wildman–Crippen MR) is 76.6 cm³/mol. The summed E-state index contributed by atoms with van der Waals surface area (Å²) in [6.07, 6.45) is 0. The highest BCUT2D eigenvalue weighted by Crippen LogP contribution is 2.21. The summed E-state index contributed by atoms with van der Waals surface area (Å²) < 4.78 is 6.42. The van der Waals surface area contributed by atoms with Crippen molar-refractivity contribution in [3.05, 3.63) is 63.6 Å². The lowest BCUT2D eigenvalue weighted by Gasteiger charge is -2.11. The summed E-state index contributed by atoms with van der Waals surface area (Å²) in [5.74, 6) is -0.188. The molecule has 0 saturated carbocycles. The van der Waals surface area contributed by atoms with Crippen LogP contribution in [0.1, 0.15) is 21.5 Å². The van der Waals surface area contributed by atoms with Crippen LogP contribution in [0.2, 0.25) is 0 Å². The van der Waals surface area contributed by atoms with Gasteiger partial charge in [0.15, 0.2) is 0 Å². The van der Waals surface area contributed by atoms with Crippen LogP contribution in [0.5, 0.6) is 5.75 Å². The third-order valence-electron chi connectivity index (χ3n) is 2.78. The quantitative estimate of drug-likeness (QED) is 0.924. The molecule has 2 aromatic carbocycles. The van der Waals surface area contributed by atoms with E-state index in [0.29, 0.717) is 5.56 Å². The Morgan fingerprint density at radius 1 is 1.26 bits per heavy atom. The summed E-state index contributed by atoms with van der Waals surface area (Å²) in [4.78, 5) is 11.2. The minimum Gasteiger partial charge on any atom is -0.489 e. The van der Waals surface area contributed by atoms with E-state index in [1.165, 1.54) is 0 Å². The fraction of sp³-hybridized carbons (Fsp3) is 0.133. The van der Waals surface area contributed by atoms with Gasteiger partial charge in [-0.3, -0.25) is 0 Å². The number of carboxylic acid groups (broad SMARTS) is 1. The van der Waals surface area contributed by atoms with Gasteiger partial charge in [0.05, 0.1) is 5.56 Å². The molecule has 0 aliphatic rings. The van der Waals surface area contributed by atoms with Gasteiger partial charge in [0, 0.05) is 10.0 Å². The second-order valence-corrected chi connectivity index (χ2v) is 5.08. The lowest BCUT2D eigenvalue weighted by Crippen LogP contribution is -2.06. The van der Waals surface area contributed by atoms with E-state index in [9.17, 15) is 4.79 Å². The van der Waals surface area contributed by atoms with E-state index in [1.807, 2.05) is 37.3 Å². The van der Waals surface area contributed by atoms with Gasteiger partial charge in [-0.05, 0) is 30.7 Å². The molecule has 0 atom stereocenters. The number of ether oxygens (including phenoxy) is 1. The third kappa shape index (κ3) is 3.35. The van der Waals surface area contributed by atoms with Crippen molar-refractivity contribution in [2.75, 3.05) is 0 Å². The van der Waals surface area contributed by atoms with E-state index >= 15 is 0 Å². The van der Waals surface area contributed by atoms with Gasteiger partial charge >= 0.3 is 5.97 Å². The molecule has 0 saturated heterocycles. The Morgan fingerprint density at radius 2 is 2.00 bits per heavy atom. The maximum atomic E-state index is 11.2. The molecular weight excluding hydrogens is 308 g/mol. The monoisotopic (exact) mass is 320 g/mol. The standard InChI is InChI=1S/C15H13BrO3/c1-10-4-2-3-5-14(10)19-9-11-6-7-12(16)8-13(11)15(17)18/h2-8H,9H2,1H3,(H,17,18). The number of para-hydroxylation sites is 1. The maximum Gasteiger partial charge on any atom is 0.336 e. The van der Waals surface area contributed by atoms with Crippen molar-refractivity contribution in [2.45, 2.75) is 13.5 Å². The molecule has 0 unspecified atom stereocenters. The van der Waals surface area contributed by atoms with Crippen LogP contribution in [0.3, 0.4) is 0 Å².